The molecule has 0 amide bonds. The normalized spacial score (nSPS) is 10.9. The van der Waals surface area contributed by atoms with Crippen LogP contribution in [0.2, 0.25) is 0 Å². The first-order valence-corrected chi connectivity index (χ1v) is 8.63. The molecule has 0 atom stereocenters. The van der Waals surface area contributed by atoms with Crippen LogP contribution >= 0.6 is 15.9 Å². The van der Waals surface area contributed by atoms with Gasteiger partial charge in [-0.3, -0.25) is 10.1 Å². The molecule has 1 heterocycles. The second kappa shape index (κ2) is 8.74. The first-order chi connectivity index (χ1) is 13.6. The average molecular weight is 442 g/mol. The van der Waals surface area contributed by atoms with Crippen molar-refractivity contribution in [2.45, 2.75) is 6.61 Å². The van der Waals surface area contributed by atoms with Crippen LogP contribution in [0.1, 0.15) is 11.4 Å². The number of tetrazole rings is 1. The highest BCUT2D eigenvalue weighted by Crippen LogP contribution is 2.36. The van der Waals surface area contributed by atoms with Crippen LogP contribution < -0.4 is 10.1 Å². The van der Waals surface area contributed by atoms with Crippen molar-refractivity contribution < 1.29 is 9.66 Å². The van der Waals surface area contributed by atoms with Gasteiger partial charge in [0, 0.05) is 18.3 Å². The SMILES string of the molecule is N#CC(=CNc1cc(OCc2ccccc2)c(Br)cc1[N+](=O)[O-])c1nn[nH]n1. The highest BCUT2D eigenvalue weighted by molar-refractivity contribution is 9.10. The fourth-order valence-electron chi connectivity index (χ4n) is 2.23. The Bertz CT molecular complexity index is 1050. The van der Waals surface area contributed by atoms with Gasteiger partial charge < -0.3 is 10.1 Å². The zero-order valence-corrected chi connectivity index (χ0v) is 15.8. The molecule has 3 aromatic rings. The summed E-state index contributed by atoms with van der Waals surface area (Å²) >= 11 is 3.29. The Labute approximate surface area is 167 Å². The van der Waals surface area contributed by atoms with E-state index in [1.165, 1.54) is 18.3 Å². The zero-order chi connectivity index (χ0) is 19.9. The van der Waals surface area contributed by atoms with Crippen LogP contribution in [0.15, 0.2) is 53.1 Å². The highest BCUT2D eigenvalue weighted by atomic mass is 79.9. The molecule has 0 aliphatic heterocycles. The number of nitrogens with zero attached hydrogens (tertiary/aromatic N) is 5. The number of allylic oxidation sites excluding steroid dienone is 1. The molecule has 11 heteroatoms. The number of ether oxygens (including phenoxy) is 1. The Morgan fingerprint density at radius 1 is 1.39 bits per heavy atom. The lowest BCUT2D eigenvalue weighted by molar-refractivity contribution is -0.384. The van der Waals surface area contributed by atoms with E-state index in [0.717, 1.165) is 5.56 Å². The minimum atomic E-state index is -0.539. The van der Waals surface area contributed by atoms with E-state index in [4.69, 9.17) is 4.74 Å². The monoisotopic (exact) mass is 441 g/mol. The molecule has 0 saturated carbocycles. The molecule has 3 rings (SSSR count). The Morgan fingerprint density at radius 2 is 2.18 bits per heavy atom. The van der Waals surface area contributed by atoms with Crippen LogP contribution in [0, 0.1) is 21.4 Å². The molecule has 10 nitrogen and oxygen atoms in total. The molecule has 2 aromatic carbocycles. The minimum Gasteiger partial charge on any atom is -0.488 e. The van der Waals surface area contributed by atoms with Gasteiger partial charge in [0.25, 0.3) is 5.69 Å². The van der Waals surface area contributed by atoms with Crippen molar-refractivity contribution in [3.05, 3.63) is 74.6 Å². The molecule has 0 aliphatic rings. The predicted octanol–water partition coefficient (Wildman–Crippen LogP) is 3.43. The maximum Gasteiger partial charge on any atom is 0.294 e. The number of hydrogen-bond donors (Lipinski definition) is 2. The second-order valence-electron chi connectivity index (χ2n) is 5.38. The van der Waals surface area contributed by atoms with E-state index in [2.05, 4.69) is 41.9 Å². The molecule has 140 valence electrons. The third-order valence-corrected chi connectivity index (χ3v) is 4.18. The molecule has 0 fully saturated rings. The van der Waals surface area contributed by atoms with Gasteiger partial charge in [0.1, 0.15) is 29.7 Å². The summed E-state index contributed by atoms with van der Waals surface area (Å²) in [6, 6.07) is 14.2. The third kappa shape index (κ3) is 4.49. The van der Waals surface area contributed by atoms with Crippen LogP contribution in [0.5, 0.6) is 5.75 Å². The topological polar surface area (TPSA) is 143 Å². The number of aromatic amines is 1. The van der Waals surface area contributed by atoms with E-state index >= 15 is 0 Å². The summed E-state index contributed by atoms with van der Waals surface area (Å²) in [5.74, 6) is 0.471. The number of halogens is 1. The smallest absolute Gasteiger partial charge is 0.294 e. The van der Waals surface area contributed by atoms with Gasteiger partial charge in [-0.05, 0) is 26.7 Å². The third-order valence-electron chi connectivity index (χ3n) is 3.56. The van der Waals surface area contributed by atoms with E-state index < -0.39 is 4.92 Å². The van der Waals surface area contributed by atoms with E-state index in [9.17, 15) is 15.4 Å². The van der Waals surface area contributed by atoms with Gasteiger partial charge in [0.15, 0.2) is 0 Å². The highest BCUT2D eigenvalue weighted by Gasteiger charge is 2.18. The molecule has 0 radical (unpaired) electrons. The summed E-state index contributed by atoms with van der Waals surface area (Å²) in [7, 11) is 0. The number of H-pyrrole nitrogens is 1. The minimum absolute atomic E-state index is 0.0534. The van der Waals surface area contributed by atoms with Gasteiger partial charge in [-0.15, -0.1) is 10.2 Å². The van der Waals surface area contributed by atoms with E-state index in [0.29, 0.717) is 16.8 Å². The molecule has 1 aromatic heterocycles. The van der Waals surface area contributed by atoms with Crippen molar-refractivity contribution in [3.63, 3.8) is 0 Å². The van der Waals surface area contributed by atoms with Crippen molar-refractivity contribution in [1.29, 1.82) is 5.26 Å². The fourth-order valence-corrected chi connectivity index (χ4v) is 2.67. The summed E-state index contributed by atoms with van der Waals surface area (Å²) < 4.78 is 6.20. The van der Waals surface area contributed by atoms with Crippen molar-refractivity contribution in [2.24, 2.45) is 0 Å². The Kier molecular flexibility index (Phi) is 5.93. The number of nitriles is 1. The van der Waals surface area contributed by atoms with Gasteiger partial charge >= 0.3 is 0 Å². The maximum absolute atomic E-state index is 11.4. The molecule has 0 aliphatic carbocycles. The van der Waals surface area contributed by atoms with E-state index in [1.807, 2.05) is 36.4 Å². The largest absolute Gasteiger partial charge is 0.488 e. The number of rotatable bonds is 7. The number of benzene rings is 2. The summed E-state index contributed by atoms with van der Waals surface area (Å²) in [5, 5.41) is 36.4. The maximum atomic E-state index is 11.4. The summed E-state index contributed by atoms with van der Waals surface area (Å²) in [5.41, 5.74) is 0.955. The predicted molar refractivity (Wildman–Crippen MR) is 103 cm³/mol. The Morgan fingerprint density at radius 3 is 2.82 bits per heavy atom. The number of anilines is 1. The molecule has 0 unspecified atom stereocenters. The van der Waals surface area contributed by atoms with Gasteiger partial charge in [-0.1, -0.05) is 30.3 Å². The molecular formula is C17H12BrN7O3. The first-order valence-electron chi connectivity index (χ1n) is 7.83. The average Bonchev–Trinajstić information content (AvgIpc) is 3.23. The second-order valence-corrected chi connectivity index (χ2v) is 6.24. The van der Waals surface area contributed by atoms with Crippen LogP contribution in [0.3, 0.4) is 0 Å². The van der Waals surface area contributed by atoms with Gasteiger partial charge in [-0.25, -0.2) is 0 Å². The van der Waals surface area contributed by atoms with Gasteiger partial charge in [0.05, 0.1) is 9.40 Å². The van der Waals surface area contributed by atoms with Crippen LogP contribution in [0.4, 0.5) is 11.4 Å². The van der Waals surface area contributed by atoms with Gasteiger partial charge in [-0.2, -0.15) is 10.5 Å². The summed E-state index contributed by atoms with van der Waals surface area (Å²) in [6.45, 7) is 0.291. The van der Waals surface area contributed by atoms with Gasteiger partial charge in [0.2, 0.25) is 5.82 Å². The Hall–Kier alpha value is -3.78. The zero-order valence-electron chi connectivity index (χ0n) is 14.2. The number of aromatic nitrogens is 4. The van der Waals surface area contributed by atoms with Crippen LogP contribution in [-0.4, -0.2) is 25.5 Å². The summed E-state index contributed by atoms with van der Waals surface area (Å²) in [4.78, 5) is 10.8. The molecule has 0 spiro atoms. The van der Waals surface area contributed by atoms with Crippen molar-refractivity contribution in [3.8, 4) is 11.8 Å². The molecule has 2 N–H and O–H groups in total. The Balaban J connectivity index is 1.88. The quantitative estimate of drug-likeness (QED) is 0.322. The standard InChI is InChI=1S/C17H12BrN7O3/c18-13-6-15(25(26)27)14(20-9-12(8-19)17-21-23-24-22-17)7-16(13)28-10-11-4-2-1-3-5-11/h1-7,9,20H,10H2,(H,21,22,23,24). The first kappa shape index (κ1) is 19.0. The fraction of sp³-hybridized carbons (Fsp3) is 0.0588. The van der Waals surface area contributed by atoms with Crippen molar-refractivity contribution in [2.75, 3.05) is 5.32 Å². The molecule has 28 heavy (non-hydrogen) atoms. The number of nitro groups is 1. The molecule has 0 saturated heterocycles. The lowest BCUT2D eigenvalue weighted by Gasteiger charge is -2.11. The van der Waals surface area contributed by atoms with Crippen molar-refractivity contribution >= 4 is 32.9 Å². The van der Waals surface area contributed by atoms with E-state index in [-0.39, 0.29) is 22.8 Å². The lowest BCUT2D eigenvalue weighted by atomic mass is 10.2. The van der Waals surface area contributed by atoms with Crippen molar-refractivity contribution in [1.82, 2.24) is 20.6 Å². The van der Waals surface area contributed by atoms with Crippen LogP contribution in [-0.2, 0) is 6.61 Å². The molecule has 0 bridgehead atoms. The number of hydrogen-bond acceptors (Lipinski definition) is 8. The number of nitro benzene ring substituents is 1. The molecular weight excluding hydrogens is 430 g/mol. The van der Waals surface area contributed by atoms with Crippen LogP contribution in [0.25, 0.3) is 5.57 Å². The number of nitrogens with one attached hydrogen (secondary N) is 2. The summed E-state index contributed by atoms with van der Waals surface area (Å²) in [6.07, 6.45) is 1.27. The van der Waals surface area contributed by atoms with E-state index in [1.54, 1.807) is 0 Å². The lowest BCUT2D eigenvalue weighted by Crippen LogP contribution is -2.01.